The summed E-state index contributed by atoms with van der Waals surface area (Å²) in [7, 11) is -4.77. The maximum Gasteiger partial charge on any atom is 0.359 e. The monoisotopic (exact) mass is 472 g/mol. The van der Waals surface area contributed by atoms with E-state index in [2.05, 4.69) is 10.3 Å². The molecular weight excluding hydrogens is 453 g/mol. The molecule has 1 amide bonds. The first-order valence-corrected chi connectivity index (χ1v) is 11.5. The largest absolute Gasteiger partial charge is 0.491 e. The van der Waals surface area contributed by atoms with Crippen LogP contribution in [0, 0.1) is 5.82 Å². The Kier molecular flexibility index (Phi) is 7.00. The van der Waals surface area contributed by atoms with E-state index in [0.29, 0.717) is 5.75 Å². The van der Waals surface area contributed by atoms with Crippen molar-refractivity contribution in [1.82, 2.24) is 5.32 Å². The van der Waals surface area contributed by atoms with Crippen LogP contribution in [0.5, 0.6) is 17.2 Å². The topological polar surface area (TPSA) is 117 Å². The second-order valence-electron chi connectivity index (χ2n) is 6.75. The van der Waals surface area contributed by atoms with E-state index >= 15 is 0 Å². The number of nitrogens with zero attached hydrogens (tertiary/aromatic N) is 1. The molecule has 1 aliphatic heterocycles. The van der Waals surface area contributed by atoms with Gasteiger partial charge in [-0.05, 0) is 49.9 Å². The first-order valence-electron chi connectivity index (χ1n) is 9.03. The number of rotatable bonds is 6. The summed E-state index contributed by atoms with van der Waals surface area (Å²) in [6, 6.07) is 7.26. The molecule has 1 unspecified atom stereocenters. The lowest BCUT2D eigenvalue weighted by molar-refractivity contribution is 0.0976. The smallest absolute Gasteiger partial charge is 0.359 e. The minimum absolute atomic E-state index is 0.0404. The number of halogens is 2. The molecule has 0 aliphatic carbocycles. The lowest BCUT2D eigenvalue weighted by Crippen LogP contribution is -2.27. The highest BCUT2D eigenvalue weighted by Gasteiger charge is 2.23. The van der Waals surface area contributed by atoms with Crippen LogP contribution in [0.4, 0.5) is 8.78 Å². The SMILES string of the molecule is CC(C)Oc1cc(Oc2ccc(P(=O)(O)O)c(F)c2)cc(C(=O)NC2=NCC(F)S2)c1. The molecule has 0 spiro atoms. The summed E-state index contributed by atoms with van der Waals surface area (Å²) < 4.78 is 49.8. The number of amides is 1. The Labute approximate surface area is 180 Å². The maximum absolute atomic E-state index is 14.1. The molecular formula is C19H19F2N2O6PS. The van der Waals surface area contributed by atoms with Gasteiger partial charge in [-0.25, -0.2) is 8.78 Å². The number of alkyl halides is 1. The molecule has 31 heavy (non-hydrogen) atoms. The molecule has 8 nitrogen and oxygen atoms in total. The van der Waals surface area contributed by atoms with Crippen molar-refractivity contribution < 1.29 is 37.4 Å². The highest BCUT2D eigenvalue weighted by Crippen LogP contribution is 2.36. The first kappa shape index (κ1) is 23.2. The average Bonchev–Trinajstić information content (AvgIpc) is 3.04. The minimum atomic E-state index is -4.77. The molecule has 1 atom stereocenters. The lowest BCUT2D eigenvalue weighted by Gasteiger charge is -2.14. The molecule has 0 aromatic heterocycles. The normalized spacial score (nSPS) is 16.2. The van der Waals surface area contributed by atoms with Gasteiger partial charge in [-0.3, -0.25) is 14.4 Å². The number of amidine groups is 1. The summed E-state index contributed by atoms with van der Waals surface area (Å²) >= 11 is 0.799. The Morgan fingerprint density at radius 3 is 2.52 bits per heavy atom. The Morgan fingerprint density at radius 2 is 1.94 bits per heavy atom. The molecule has 0 saturated heterocycles. The number of carbonyl (C=O) groups is 1. The van der Waals surface area contributed by atoms with Crippen LogP contribution in [-0.2, 0) is 4.57 Å². The van der Waals surface area contributed by atoms with Crippen LogP contribution < -0.4 is 20.1 Å². The third-order valence-electron chi connectivity index (χ3n) is 3.82. The summed E-state index contributed by atoms with van der Waals surface area (Å²) in [5, 5.41) is 1.91. The standard InChI is InChI=1S/C19H19F2N2O6PS/c1-10(2)28-13-5-11(18(24)23-19-22-9-17(21)31-19)6-14(7-13)29-12-3-4-16(15(20)8-12)30(25,26)27/h3-8,10,17H,9H2,1-2H3,(H,22,23,24)(H2,25,26,27). The number of ether oxygens (including phenoxy) is 2. The molecule has 3 rings (SSSR count). The Bertz CT molecular complexity index is 1080. The summed E-state index contributed by atoms with van der Waals surface area (Å²) in [6.45, 7) is 3.53. The zero-order valence-electron chi connectivity index (χ0n) is 16.4. The van der Waals surface area contributed by atoms with Crippen molar-refractivity contribution in [3.8, 4) is 17.2 Å². The molecule has 0 fully saturated rings. The number of thioether (sulfide) groups is 1. The van der Waals surface area contributed by atoms with Gasteiger partial charge < -0.3 is 24.6 Å². The van der Waals surface area contributed by atoms with Crippen molar-refractivity contribution >= 4 is 35.7 Å². The van der Waals surface area contributed by atoms with E-state index in [1.807, 2.05) is 0 Å². The number of aliphatic imine (C=N–C) groups is 1. The summed E-state index contributed by atoms with van der Waals surface area (Å²) in [5.41, 5.74) is -1.08. The Morgan fingerprint density at radius 1 is 1.23 bits per heavy atom. The third-order valence-corrected chi connectivity index (χ3v) is 5.67. The van der Waals surface area contributed by atoms with E-state index in [0.717, 1.165) is 23.9 Å². The first-order chi connectivity index (χ1) is 14.5. The second-order valence-corrected chi connectivity index (χ2v) is 9.45. The average molecular weight is 472 g/mol. The molecule has 166 valence electrons. The summed E-state index contributed by atoms with van der Waals surface area (Å²) in [5.74, 6) is -1.32. The van der Waals surface area contributed by atoms with Gasteiger partial charge in [0.25, 0.3) is 5.91 Å². The van der Waals surface area contributed by atoms with Crippen molar-refractivity contribution in [2.45, 2.75) is 25.5 Å². The fraction of sp³-hybridized carbons (Fsp3) is 0.263. The molecule has 12 heteroatoms. The molecule has 2 aromatic carbocycles. The van der Waals surface area contributed by atoms with Crippen LogP contribution in [0.25, 0.3) is 0 Å². The maximum atomic E-state index is 14.1. The zero-order valence-corrected chi connectivity index (χ0v) is 18.1. The summed E-state index contributed by atoms with van der Waals surface area (Å²) in [4.78, 5) is 34.7. The number of carbonyl (C=O) groups excluding carboxylic acids is 1. The zero-order chi connectivity index (χ0) is 22.8. The molecule has 0 bridgehead atoms. The predicted octanol–water partition coefficient (Wildman–Crippen LogP) is 3.34. The Balaban J connectivity index is 1.87. The van der Waals surface area contributed by atoms with Crippen molar-refractivity contribution in [2.75, 3.05) is 6.54 Å². The number of benzene rings is 2. The highest BCUT2D eigenvalue weighted by molar-refractivity contribution is 8.14. The quantitative estimate of drug-likeness (QED) is 0.552. The number of hydrogen-bond acceptors (Lipinski definition) is 6. The second kappa shape index (κ2) is 9.35. The van der Waals surface area contributed by atoms with Crippen molar-refractivity contribution in [3.63, 3.8) is 0 Å². The number of nitrogens with one attached hydrogen (secondary N) is 1. The van der Waals surface area contributed by atoms with E-state index in [1.54, 1.807) is 13.8 Å². The van der Waals surface area contributed by atoms with Crippen LogP contribution >= 0.6 is 19.4 Å². The van der Waals surface area contributed by atoms with Gasteiger partial charge in [0.1, 0.15) is 23.1 Å². The van der Waals surface area contributed by atoms with E-state index in [9.17, 15) is 18.1 Å². The van der Waals surface area contributed by atoms with Crippen molar-refractivity contribution in [3.05, 3.63) is 47.8 Å². The van der Waals surface area contributed by atoms with Gasteiger partial charge >= 0.3 is 7.60 Å². The van der Waals surface area contributed by atoms with E-state index in [-0.39, 0.29) is 34.9 Å². The van der Waals surface area contributed by atoms with Crippen molar-refractivity contribution in [1.29, 1.82) is 0 Å². The van der Waals surface area contributed by atoms with Gasteiger partial charge in [-0.15, -0.1) is 0 Å². The Hall–Kier alpha value is -2.46. The molecule has 1 aliphatic rings. The van der Waals surface area contributed by atoms with E-state index < -0.39 is 30.1 Å². The molecule has 3 N–H and O–H groups in total. The van der Waals surface area contributed by atoms with Crippen molar-refractivity contribution in [2.24, 2.45) is 4.99 Å². The van der Waals surface area contributed by atoms with Gasteiger partial charge in [0.2, 0.25) is 0 Å². The van der Waals surface area contributed by atoms with Crippen LogP contribution in [0.2, 0.25) is 0 Å². The molecule has 1 heterocycles. The third kappa shape index (κ3) is 6.27. The van der Waals surface area contributed by atoms with Gasteiger partial charge in [0, 0.05) is 17.7 Å². The van der Waals surface area contributed by atoms with Gasteiger partial charge in [-0.2, -0.15) is 0 Å². The summed E-state index contributed by atoms with van der Waals surface area (Å²) in [6.07, 6.45) is -0.215. The van der Waals surface area contributed by atoms with E-state index in [1.165, 1.54) is 24.3 Å². The fourth-order valence-corrected chi connectivity index (χ4v) is 3.92. The van der Waals surface area contributed by atoms with Gasteiger partial charge in [0.05, 0.1) is 18.0 Å². The fourth-order valence-electron chi connectivity index (χ4n) is 2.61. The van der Waals surface area contributed by atoms with Crippen LogP contribution in [0.1, 0.15) is 24.2 Å². The van der Waals surface area contributed by atoms with E-state index in [4.69, 9.17) is 19.3 Å². The van der Waals surface area contributed by atoms with Crippen LogP contribution in [-0.4, -0.2) is 39.0 Å². The predicted molar refractivity (Wildman–Crippen MR) is 113 cm³/mol. The number of hydrogen-bond donors (Lipinski definition) is 3. The molecule has 0 saturated carbocycles. The van der Waals surface area contributed by atoms with Gasteiger partial charge in [0.15, 0.2) is 10.7 Å². The van der Waals surface area contributed by atoms with Crippen LogP contribution in [0.15, 0.2) is 41.4 Å². The minimum Gasteiger partial charge on any atom is -0.491 e. The van der Waals surface area contributed by atoms with Crippen LogP contribution in [0.3, 0.4) is 0 Å². The molecule has 0 radical (unpaired) electrons. The molecule has 2 aromatic rings. The van der Waals surface area contributed by atoms with Gasteiger partial charge in [-0.1, -0.05) is 0 Å². The highest BCUT2D eigenvalue weighted by atomic mass is 32.2. The lowest BCUT2D eigenvalue weighted by atomic mass is 10.2.